The van der Waals surface area contributed by atoms with Gasteiger partial charge in [0.2, 0.25) is 0 Å². The Labute approximate surface area is 182 Å². The third kappa shape index (κ3) is 3.37. The number of halogens is 2. The van der Waals surface area contributed by atoms with Gasteiger partial charge in [-0.05, 0) is 68.1 Å². The van der Waals surface area contributed by atoms with Crippen molar-refractivity contribution in [3.63, 3.8) is 0 Å². The SMILES string of the molecule is Cc1cccnc1C(=O)N[C@@H](c1ccccc1)[C@H]1[C@H]2C[C@@H]3C[C@](Cl)(C2)C[C@@]1(Cl)C3. The first-order chi connectivity index (χ1) is 13.9. The number of aryl methyl sites for hydroxylation is 1. The molecule has 1 aromatic carbocycles. The molecular weight excluding hydrogens is 403 g/mol. The first-order valence-corrected chi connectivity index (χ1v) is 11.3. The summed E-state index contributed by atoms with van der Waals surface area (Å²) in [5.74, 6) is 1.08. The maximum atomic E-state index is 13.2. The number of benzene rings is 1. The van der Waals surface area contributed by atoms with Gasteiger partial charge in [0.1, 0.15) is 5.69 Å². The molecule has 0 radical (unpaired) electrons. The molecule has 1 amide bonds. The average molecular weight is 429 g/mol. The lowest BCUT2D eigenvalue weighted by molar-refractivity contribution is -0.0237. The van der Waals surface area contributed by atoms with E-state index in [0.717, 1.165) is 43.2 Å². The Hall–Kier alpha value is -1.58. The summed E-state index contributed by atoms with van der Waals surface area (Å²) in [6, 6.07) is 13.9. The van der Waals surface area contributed by atoms with E-state index in [1.165, 1.54) is 0 Å². The number of hydrogen-bond donors (Lipinski definition) is 1. The van der Waals surface area contributed by atoms with Crippen molar-refractivity contribution in [1.29, 1.82) is 0 Å². The monoisotopic (exact) mass is 428 g/mol. The Balaban J connectivity index is 1.52. The molecular formula is C24H26Cl2N2O. The molecule has 152 valence electrons. The maximum Gasteiger partial charge on any atom is 0.270 e. The second-order valence-electron chi connectivity index (χ2n) is 9.39. The lowest BCUT2D eigenvalue weighted by Crippen LogP contribution is -2.62. The van der Waals surface area contributed by atoms with Crippen LogP contribution in [0.1, 0.15) is 59.8 Å². The third-order valence-electron chi connectivity index (χ3n) is 7.29. The fourth-order valence-corrected chi connectivity index (χ4v) is 8.04. The highest BCUT2D eigenvalue weighted by atomic mass is 35.5. The zero-order chi connectivity index (χ0) is 20.2. The van der Waals surface area contributed by atoms with E-state index in [-0.39, 0.29) is 27.6 Å². The molecule has 1 aromatic heterocycles. The molecule has 6 atom stereocenters. The van der Waals surface area contributed by atoms with Gasteiger partial charge >= 0.3 is 0 Å². The smallest absolute Gasteiger partial charge is 0.270 e. The van der Waals surface area contributed by atoms with E-state index in [0.29, 0.717) is 17.5 Å². The molecule has 0 spiro atoms. The molecule has 4 saturated carbocycles. The van der Waals surface area contributed by atoms with Crippen molar-refractivity contribution in [3.05, 3.63) is 65.5 Å². The van der Waals surface area contributed by atoms with Gasteiger partial charge in [-0.1, -0.05) is 36.4 Å². The fourth-order valence-electron chi connectivity index (χ4n) is 6.54. The molecule has 2 aromatic rings. The van der Waals surface area contributed by atoms with Crippen LogP contribution in [0.2, 0.25) is 0 Å². The molecule has 0 unspecified atom stereocenters. The Morgan fingerprint density at radius 1 is 1.14 bits per heavy atom. The molecule has 5 heteroatoms. The number of carbonyl (C=O) groups excluding carboxylic acids is 1. The summed E-state index contributed by atoms with van der Waals surface area (Å²) in [6.07, 6.45) is 6.72. The van der Waals surface area contributed by atoms with Crippen LogP contribution >= 0.6 is 23.2 Å². The summed E-state index contributed by atoms with van der Waals surface area (Å²) in [7, 11) is 0. The lowest BCUT2D eigenvalue weighted by atomic mass is 9.49. The molecule has 4 aliphatic rings. The second kappa shape index (κ2) is 6.99. The number of nitrogens with zero attached hydrogens (tertiary/aromatic N) is 1. The normalized spacial score (nSPS) is 36.0. The van der Waals surface area contributed by atoms with Crippen LogP contribution in [-0.4, -0.2) is 20.6 Å². The van der Waals surface area contributed by atoms with Crippen LogP contribution in [0.4, 0.5) is 0 Å². The highest BCUT2D eigenvalue weighted by Gasteiger charge is 2.63. The van der Waals surface area contributed by atoms with Crippen LogP contribution in [-0.2, 0) is 0 Å². The van der Waals surface area contributed by atoms with Gasteiger partial charge in [-0.15, -0.1) is 23.2 Å². The summed E-state index contributed by atoms with van der Waals surface area (Å²) in [5, 5.41) is 3.33. The predicted molar refractivity (Wildman–Crippen MR) is 116 cm³/mol. The van der Waals surface area contributed by atoms with E-state index < -0.39 is 0 Å². The summed E-state index contributed by atoms with van der Waals surface area (Å²) < 4.78 is 0. The van der Waals surface area contributed by atoms with Gasteiger partial charge in [-0.2, -0.15) is 0 Å². The van der Waals surface area contributed by atoms with E-state index in [1.807, 2.05) is 37.3 Å². The van der Waals surface area contributed by atoms with Crippen LogP contribution in [0.3, 0.4) is 0 Å². The van der Waals surface area contributed by atoms with Gasteiger partial charge in [0, 0.05) is 17.0 Å². The molecule has 4 bridgehead atoms. The average Bonchev–Trinajstić information content (AvgIpc) is 2.66. The van der Waals surface area contributed by atoms with Crippen molar-refractivity contribution in [2.45, 2.75) is 54.8 Å². The topological polar surface area (TPSA) is 42.0 Å². The first kappa shape index (κ1) is 19.4. The Bertz CT molecular complexity index is 935. The highest BCUT2D eigenvalue weighted by Crippen LogP contribution is 2.66. The van der Waals surface area contributed by atoms with Gasteiger partial charge < -0.3 is 5.32 Å². The number of carbonyl (C=O) groups is 1. The molecule has 6 rings (SSSR count). The van der Waals surface area contributed by atoms with Gasteiger partial charge in [-0.25, -0.2) is 0 Å². The van der Waals surface area contributed by atoms with E-state index >= 15 is 0 Å². The van der Waals surface area contributed by atoms with Gasteiger partial charge in [0.15, 0.2) is 0 Å². The molecule has 3 nitrogen and oxygen atoms in total. The van der Waals surface area contributed by atoms with Gasteiger partial charge in [0.05, 0.1) is 10.9 Å². The molecule has 0 aliphatic heterocycles. The van der Waals surface area contributed by atoms with Crippen molar-refractivity contribution < 1.29 is 4.79 Å². The Kier molecular flexibility index (Phi) is 4.67. The van der Waals surface area contributed by atoms with Crippen molar-refractivity contribution >= 4 is 29.1 Å². The molecule has 4 fully saturated rings. The van der Waals surface area contributed by atoms with Gasteiger partial charge in [0.25, 0.3) is 5.91 Å². The number of amides is 1. The maximum absolute atomic E-state index is 13.2. The van der Waals surface area contributed by atoms with E-state index in [1.54, 1.807) is 6.20 Å². The minimum atomic E-state index is -0.362. The molecule has 29 heavy (non-hydrogen) atoms. The third-order valence-corrected chi connectivity index (χ3v) is 8.27. The van der Waals surface area contributed by atoms with Gasteiger partial charge in [-0.3, -0.25) is 9.78 Å². The number of rotatable bonds is 4. The number of hydrogen-bond acceptors (Lipinski definition) is 2. The number of pyridine rings is 1. The van der Waals surface area contributed by atoms with E-state index in [9.17, 15) is 4.79 Å². The van der Waals surface area contributed by atoms with Crippen LogP contribution in [0.25, 0.3) is 0 Å². The zero-order valence-electron chi connectivity index (χ0n) is 16.6. The quantitative estimate of drug-likeness (QED) is 0.638. The van der Waals surface area contributed by atoms with Crippen molar-refractivity contribution in [2.24, 2.45) is 17.8 Å². The van der Waals surface area contributed by atoms with Crippen LogP contribution in [0.15, 0.2) is 48.7 Å². The van der Waals surface area contributed by atoms with Crippen LogP contribution in [0.5, 0.6) is 0 Å². The standard InChI is InChI=1S/C24H26Cl2N2O/c1-15-6-5-9-27-20(15)22(29)28-21(17-7-3-2-4-8-17)19-18-10-16-11-23(25,13-18)14-24(19,26)12-16/h2-9,16,18-19,21H,10-14H2,1H3,(H,28,29)/t16-,18+,19-,21+,23+,24+/m1/s1. The summed E-state index contributed by atoms with van der Waals surface area (Å²) in [4.78, 5) is 17.0. The number of nitrogens with one attached hydrogen (secondary N) is 1. The highest BCUT2D eigenvalue weighted by molar-refractivity contribution is 6.28. The molecule has 1 heterocycles. The van der Waals surface area contributed by atoms with Crippen molar-refractivity contribution in [2.75, 3.05) is 0 Å². The minimum absolute atomic E-state index is 0.133. The van der Waals surface area contributed by atoms with E-state index in [4.69, 9.17) is 23.2 Å². The van der Waals surface area contributed by atoms with Crippen LogP contribution in [0, 0.1) is 24.7 Å². The molecule has 4 aliphatic carbocycles. The predicted octanol–water partition coefficient (Wildman–Crippen LogP) is 5.66. The first-order valence-electron chi connectivity index (χ1n) is 10.5. The van der Waals surface area contributed by atoms with E-state index in [2.05, 4.69) is 22.4 Å². The number of alkyl halides is 2. The summed E-state index contributed by atoms with van der Waals surface area (Å²) >= 11 is 14.3. The van der Waals surface area contributed by atoms with Crippen LogP contribution < -0.4 is 5.32 Å². The summed E-state index contributed by atoms with van der Waals surface area (Å²) in [6.45, 7) is 1.92. The van der Waals surface area contributed by atoms with Crippen molar-refractivity contribution in [1.82, 2.24) is 10.3 Å². The largest absolute Gasteiger partial charge is 0.344 e. The zero-order valence-corrected chi connectivity index (χ0v) is 18.1. The molecule has 1 N–H and O–H groups in total. The summed E-state index contributed by atoms with van der Waals surface area (Å²) in [5.41, 5.74) is 2.47. The Morgan fingerprint density at radius 3 is 2.62 bits per heavy atom. The van der Waals surface area contributed by atoms with Crippen molar-refractivity contribution in [3.8, 4) is 0 Å². The Morgan fingerprint density at radius 2 is 1.93 bits per heavy atom. The second-order valence-corrected chi connectivity index (χ2v) is 10.9. The fraction of sp³-hybridized carbons (Fsp3) is 0.500. The molecule has 0 saturated heterocycles. The minimum Gasteiger partial charge on any atom is -0.344 e. The lowest BCUT2D eigenvalue weighted by Gasteiger charge is -2.63. The number of aromatic nitrogens is 1.